The van der Waals surface area contributed by atoms with Gasteiger partial charge in [0.1, 0.15) is 5.60 Å². The molecule has 4 rings (SSSR count). The molecule has 0 aromatic carbocycles. The molecule has 5 nitrogen and oxygen atoms in total. The molecular weight excluding hydrogens is 304 g/mol. The summed E-state index contributed by atoms with van der Waals surface area (Å²) >= 11 is 0. The topological polar surface area (TPSA) is 45.9 Å². The maximum atomic E-state index is 12.4. The highest BCUT2D eigenvalue weighted by molar-refractivity contribution is 5.93. The molecule has 0 bridgehead atoms. The fourth-order valence-electron chi connectivity index (χ4n) is 4.35. The Morgan fingerprint density at radius 2 is 2.08 bits per heavy atom. The minimum absolute atomic E-state index is 0.00200. The molecule has 132 valence electrons. The lowest BCUT2D eigenvalue weighted by Crippen LogP contribution is -2.66. The van der Waals surface area contributed by atoms with Gasteiger partial charge < -0.3 is 19.0 Å². The van der Waals surface area contributed by atoms with Gasteiger partial charge in [0, 0.05) is 12.1 Å². The molecule has 3 saturated heterocycles. The number of amides is 1. The van der Waals surface area contributed by atoms with Gasteiger partial charge in [-0.15, -0.1) is 0 Å². The predicted molar refractivity (Wildman–Crippen MR) is 91.0 cm³/mol. The third-order valence-electron chi connectivity index (χ3n) is 5.90. The number of ether oxygens (including phenoxy) is 1. The highest BCUT2D eigenvalue weighted by atomic mass is 16.5. The Hall–Kier alpha value is -1.33. The number of hydrogen-bond acceptors (Lipinski definition) is 4. The summed E-state index contributed by atoms with van der Waals surface area (Å²) in [6.07, 6.45) is 7.96. The van der Waals surface area contributed by atoms with Gasteiger partial charge >= 0.3 is 0 Å². The van der Waals surface area contributed by atoms with Crippen molar-refractivity contribution in [3.63, 3.8) is 0 Å². The Morgan fingerprint density at radius 3 is 2.71 bits per heavy atom. The van der Waals surface area contributed by atoms with E-state index < -0.39 is 0 Å². The summed E-state index contributed by atoms with van der Waals surface area (Å²) in [6.45, 7) is 7.88. The molecular formula is C19H28N2O3. The highest BCUT2D eigenvalue weighted by Gasteiger charge is 2.49. The zero-order valence-corrected chi connectivity index (χ0v) is 14.6. The molecule has 3 aliphatic rings. The third-order valence-corrected chi connectivity index (χ3v) is 5.90. The second-order valence-corrected chi connectivity index (χ2v) is 7.85. The summed E-state index contributed by atoms with van der Waals surface area (Å²) in [5.74, 6) is 1.14. The third kappa shape index (κ3) is 3.11. The van der Waals surface area contributed by atoms with E-state index in [2.05, 4.69) is 4.90 Å². The van der Waals surface area contributed by atoms with E-state index in [0.29, 0.717) is 24.8 Å². The van der Waals surface area contributed by atoms with E-state index in [1.807, 2.05) is 17.9 Å². The minimum Gasteiger partial charge on any atom is -0.459 e. The number of nitrogens with zero attached hydrogens (tertiary/aromatic N) is 2. The first-order valence-electron chi connectivity index (χ1n) is 9.35. The predicted octanol–water partition coefficient (Wildman–Crippen LogP) is 2.70. The molecule has 3 aliphatic heterocycles. The number of hydrogen-bond donors (Lipinski definition) is 0. The number of furan rings is 1. The van der Waals surface area contributed by atoms with Gasteiger partial charge in [-0.1, -0.05) is 6.42 Å². The van der Waals surface area contributed by atoms with Crippen LogP contribution in [0.15, 0.2) is 16.7 Å². The van der Waals surface area contributed by atoms with Crippen molar-refractivity contribution in [1.82, 2.24) is 9.80 Å². The molecule has 0 unspecified atom stereocenters. The van der Waals surface area contributed by atoms with Crippen LogP contribution in [0.1, 0.15) is 48.2 Å². The molecule has 1 aromatic heterocycles. The maximum absolute atomic E-state index is 12.4. The Morgan fingerprint density at radius 1 is 1.29 bits per heavy atom. The van der Waals surface area contributed by atoms with Crippen molar-refractivity contribution in [3.8, 4) is 0 Å². The van der Waals surface area contributed by atoms with Gasteiger partial charge in [0.15, 0.2) is 5.76 Å². The first kappa shape index (κ1) is 16.2. The van der Waals surface area contributed by atoms with Crippen LogP contribution < -0.4 is 0 Å². The van der Waals surface area contributed by atoms with Crippen molar-refractivity contribution >= 4 is 5.91 Å². The van der Waals surface area contributed by atoms with E-state index in [9.17, 15) is 4.79 Å². The van der Waals surface area contributed by atoms with Crippen molar-refractivity contribution in [1.29, 1.82) is 0 Å². The SMILES string of the molecule is Cc1ccoc1C(=O)N1CC2(CC[C@H](CN3CCCCC3)CO2)C1. The van der Waals surface area contributed by atoms with Crippen molar-refractivity contribution in [2.75, 3.05) is 39.3 Å². The number of piperidine rings is 1. The second kappa shape index (κ2) is 6.52. The van der Waals surface area contributed by atoms with Crippen LogP contribution in [0.2, 0.25) is 0 Å². The Balaban J connectivity index is 1.25. The molecule has 4 heterocycles. The molecule has 1 atom stereocenters. The lowest BCUT2D eigenvalue weighted by Gasteiger charge is -2.52. The van der Waals surface area contributed by atoms with Crippen LogP contribution >= 0.6 is 0 Å². The zero-order valence-electron chi connectivity index (χ0n) is 14.6. The van der Waals surface area contributed by atoms with Gasteiger partial charge in [0.25, 0.3) is 5.91 Å². The molecule has 0 radical (unpaired) electrons. The summed E-state index contributed by atoms with van der Waals surface area (Å²) in [7, 11) is 0. The Bertz CT molecular complexity index is 575. The van der Waals surface area contributed by atoms with Crippen molar-refractivity contribution in [3.05, 3.63) is 23.7 Å². The number of likely N-dealkylation sites (tertiary alicyclic amines) is 2. The van der Waals surface area contributed by atoms with E-state index in [0.717, 1.165) is 18.6 Å². The van der Waals surface area contributed by atoms with E-state index >= 15 is 0 Å². The van der Waals surface area contributed by atoms with Crippen LogP contribution in [0.4, 0.5) is 0 Å². The summed E-state index contributed by atoms with van der Waals surface area (Å²) in [5, 5.41) is 0. The van der Waals surface area contributed by atoms with E-state index in [4.69, 9.17) is 9.15 Å². The number of aryl methyl sites for hydroxylation is 1. The summed E-state index contributed by atoms with van der Waals surface area (Å²) < 4.78 is 11.6. The summed E-state index contributed by atoms with van der Waals surface area (Å²) in [5.41, 5.74) is 0.821. The molecule has 3 fully saturated rings. The van der Waals surface area contributed by atoms with Gasteiger partial charge in [-0.2, -0.15) is 0 Å². The quantitative estimate of drug-likeness (QED) is 0.854. The number of carbonyl (C=O) groups excluding carboxylic acids is 1. The average Bonchev–Trinajstić information content (AvgIpc) is 3.00. The smallest absolute Gasteiger partial charge is 0.290 e. The minimum atomic E-state index is -0.0887. The van der Waals surface area contributed by atoms with E-state index in [1.165, 1.54) is 45.3 Å². The molecule has 0 aliphatic carbocycles. The van der Waals surface area contributed by atoms with Crippen LogP contribution in [0.25, 0.3) is 0 Å². The molecule has 24 heavy (non-hydrogen) atoms. The summed E-state index contributed by atoms with van der Waals surface area (Å²) in [4.78, 5) is 16.9. The molecule has 0 N–H and O–H groups in total. The van der Waals surface area contributed by atoms with Gasteiger partial charge in [-0.05, 0) is 57.7 Å². The van der Waals surface area contributed by atoms with Crippen LogP contribution in [-0.2, 0) is 4.74 Å². The van der Waals surface area contributed by atoms with Gasteiger partial charge in [-0.25, -0.2) is 0 Å². The van der Waals surface area contributed by atoms with Gasteiger partial charge in [0.2, 0.25) is 0 Å². The fourth-order valence-corrected chi connectivity index (χ4v) is 4.35. The molecule has 1 amide bonds. The highest BCUT2D eigenvalue weighted by Crippen LogP contribution is 2.37. The Kier molecular flexibility index (Phi) is 4.39. The largest absolute Gasteiger partial charge is 0.459 e. The molecule has 5 heteroatoms. The normalized spacial score (nSPS) is 27.2. The van der Waals surface area contributed by atoms with Gasteiger partial charge in [-0.3, -0.25) is 4.79 Å². The number of carbonyl (C=O) groups is 1. The first-order valence-corrected chi connectivity index (χ1v) is 9.35. The second-order valence-electron chi connectivity index (χ2n) is 7.85. The van der Waals surface area contributed by atoms with E-state index in [1.54, 1.807) is 6.26 Å². The van der Waals surface area contributed by atoms with E-state index in [-0.39, 0.29) is 11.5 Å². The van der Waals surface area contributed by atoms with Crippen molar-refractivity contribution in [2.45, 2.75) is 44.6 Å². The molecule has 1 aromatic rings. The number of rotatable bonds is 3. The van der Waals surface area contributed by atoms with Crippen LogP contribution in [0.5, 0.6) is 0 Å². The molecule has 1 spiro atoms. The van der Waals surface area contributed by atoms with Crippen molar-refractivity contribution < 1.29 is 13.9 Å². The molecule has 0 saturated carbocycles. The monoisotopic (exact) mass is 332 g/mol. The van der Waals surface area contributed by atoms with Gasteiger partial charge in [0.05, 0.1) is 26.0 Å². The fraction of sp³-hybridized carbons (Fsp3) is 0.737. The van der Waals surface area contributed by atoms with Crippen LogP contribution in [-0.4, -0.2) is 60.6 Å². The lowest BCUT2D eigenvalue weighted by atomic mass is 9.82. The zero-order chi connectivity index (χ0) is 16.6. The van der Waals surface area contributed by atoms with Crippen LogP contribution in [0, 0.1) is 12.8 Å². The average molecular weight is 332 g/mol. The maximum Gasteiger partial charge on any atom is 0.290 e. The van der Waals surface area contributed by atoms with Crippen molar-refractivity contribution in [2.24, 2.45) is 5.92 Å². The standard InChI is InChI=1S/C19H28N2O3/c1-15-6-10-23-17(15)18(22)21-13-19(14-21)7-5-16(12-24-19)11-20-8-3-2-4-9-20/h6,10,16H,2-5,7-9,11-14H2,1H3/t16-/m1/s1. The lowest BCUT2D eigenvalue weighted by molar-refractivity contribution is -0.169. The first-order chi connectivity index (χ1) is 11.7. The summed E-state index contributed by atoms with van der Waals surface area (Å²) in [6, 6.07) is 1.84. The Labute approximate surface area is 143 Å². The van der Waals surface area contributed by atoms with Crippen LogP contribution in [0.3, 0.4) is 0 Å².